The van der Waals surface area contributed by atoms with Crippen molar-refractivity contribution in [2.24, 2.45) is 4.99 Å². The summed E-state index contributed by atoms with van der Waals surface area (Å²) in [6, 6.07) is 13.0. The highest BCUT2D eigenvalue weighted by Gasteiger charge is 2.12. The molecule has 2 aromatic rings. The van der Waals surface area contributed by atoms with Gasteiger partial charge in [-0.1, -0.05) is 30.3 Å². The van der Waals surface area contributed by atoms with Gasteiger partial charge in [-0.15, -0.1) is 24.0 Å². The lowest BCUT2D eigenvalue weighted by Crippen LogP contribution is -2.41. The quantitative estimate of drug-likeness (QED) is 0.243. The van der Waals surface area contributed by atoms with Crippen LogP contribution in [0.25, 0.3) is 0 Å². The van der Waals surface area contributed by atoms with Gasteiger partial charge in [0.05, 0.1) is 0 Å². The number of halogens is 1. The summed E-state index contributed by atoms with van der Waals surface area (Å²) < 4.78 is 26.6. The van der Waals surface area contributed by atoms with E-state index in [0.29, 0.717) is 19.0 Å². The van der Waals surface area contributed by atoms with Crippen LogP contribution in [0.3, 0.4) is 0 Å². The Kier molecular flexibility index (Phi) is 9.39. The summed E-state index contributed by atoms with van der Waals surface area (Å²) >= 11 is 0. The Balaban J connectivity index is 0.00000312. The molecule has 1 heterocycles. The minimum Gasteiger partial charge on any atom is -0.355 e. The molecule has 0 spiro atoms. The Bertz CT molecular complexity index is 755. The van der Waals surface area contributed by atoms with E-state index in [1.54, 1.807) is 13.1 Å². The molecule has 1 aromatic carbocycles. The number of pyridine rings is 1. The summed E-state index contributed by atoms with van der Waals surface area (Å²) in [5, 5.41) is 6.23. The zero-order valence-electron chi connectivity index (χ0n) is 13.8. The zero-order chi connectivity index (χ0) is 17.3. The fraction of sp³-hybridized carbons (Fsp3) is 0.250. The number of hydrogen-bond donors (Lipinski definition) is 3. The molecule has 0 aliphatic rings. The van der Waals surface area contributed by atoms with E-state index in [2.05, 4.69) is 25.3 Å². The van der Waals surface area contributed by atoms with Gasteiger partial charge in [0.15, 0.2) is 5.96 Å². The van der Waals surface area contributed by atoms with Crippen LogP contribution in [-0.2, 0) is 16.6 Å². The molecule has 136 valence electrons. The van der Waals surface area contributed by atoms with Crippen LogP contribution in [0.4, 0.5) is 0 Å². The Morgan fingerprint density at radius 1 is 1.08 bits per heavy atom. The molecule has 0 radical (unpaired) electrons. The van der Waals surface area contributed by atoms with Crippen LogP contribution in [0.5, 0.6) is 0 Å². The molecule has 0 saturated heterocycles. The molecule has 1 aromatic heterocycles. The van der Waals surface area contributed by atoms with Crippen LogP contribution in [0.15, 0.2) is 64.7 Å². The maximum absolute atomic E-state index is 12.0. The van der Waals surface area contributed by atoms with Gasteiger partial charge in [0.2, 0.25) is 10.0 Å². The highest BCUT2D eigenvalue weighted by molar-refractivity contribution is 14.0. The van der Waals surface area contributed by atoms with Gasteiger partial charge in [0, 0.05) is 39.1 Å². The van der Waals surface area contributed by atoms with Gasteiger partial charge in [0.25, 0.3) is 0 Å². The van der Waals surface area contributed by atoms with Crippen molar-refractivity contribution in [1.82, 2.24) is 20.3 Å². The van der Waals surface area contributed by atoms with Crippen molar-refractivity contribution in [2.45, 2.75) is 11.4 Å². The predicted octanol–water partition coefficient (Wildman–Crippen LogP) is 1.34. The Morgan fingerprint density at radius 3 is 2.48 bits per heavy atom. The van der Waals surface area contributed by atoms with Crippen molar-refractivity contribution in [3.8, 4) is 0 Å². The fourth-order valence-electron chi connectivity index (χ4n) is 1.96. The van der Waals surface area contributed by atoms with Gasteiger partial charge in [0.1, 0.15) is 4.90 Å². The molecule has 0 aliphatic carbocycles. The van der Waals surface area contributed by atoms with Crippen molar-refractivity contribution in [3.05, 3.63) is 60.4 Å². The van der Waals surface area contributed by atoms with Crippen LogP contribution in [0, 0.1) is 0 Å². The molecule has 0 atom stereocenters. The summed E-state index contributed by atoms with van der Waals surface area (Å²) in [7, 11) is -1.87. The van der Waals surface area contributed by atoms with Gasteiger partial charge in [-0.3, -0.25) is 9.98 Å². The second kappa shape index (κ2) is 11.0. The van der Waals surface area contributed by atoms with Gasteiger partial charge in [-0.05, 0) is 17.7 Å². The third-order valence-corrected chi connectivity index (χ3v) is 4.63. The third kappa shape index (κ3) is 7.36. The summed E-state index contributed by atoms with van der Waals surface area (Å²) in [5.74, 6) is 0.611. The number of nitrogens with one attached hydrogen (secondary N) is 3. The molecular weight excluding hydrogens is 453 g/mol. The van der Waals surface area contributed by atoms with Crippen molar-refractivity contribution in [2.75, 3.05) is 20.1 Å². The van der Waals surface area contributed by atoms with Gasteiger partial charge in [-0.25, -0.2) is 13.1 Å². The number of aromatic nitrogens is 1. The molecule has 0 amide bonds. The first-order valence-electron chi connectivity index (χ1n) is 7.50. The molecule has 9 heteroatoms. The van der Waals surface area contributed by atoms with E-state index in [4.69, 9.17) is 0 Å². The second-order valence-electron chi connectivity index (χ2n) is 4.92. The molecular formula is C16H22IN5O2S. The van der Waals surface area contributed by atoms with Crippen molar-refractivity contribution in [3.63, 3.8) is 0 Å². The van der Waals surface area contributed by atoms with Crippen molar-refractivity contribution in [1.29, 1.82) is 0 Å². The average molecular weight is 475 g/mol. The average Bonchev–Trinajstić information content (AvgIpc) is 2.63. The molecule has 2 rings (SSSR count). The van der Waals surface area contributed by atoms with Crippen LogP contribution in [-0.4, -0.2) is 39.5 Å². The SMILES string of the molecule is CN=C(NCCNS(=O)(=O)c1cccnc1)NCc1ccccc1.I. The van der Waals surface area contributed by atoms with E-state index < -0.39 is 10.0 Å². The van der Waals surface area contributed by atoms with Crippen LogP contribution in [0.1, 0.15) is 5.56 Å². The summed E-state index contributed by atoms with van der Waals surface area (Å²) in [4.78, 5) is 8.06. The lowest BCUT2D eigenvalue weighted by atomic mass is 10.2. The Labute approximate surface area is 165 Å². The van der Waals surface area contributed by atoms with Gasteiger partial charge >= 0.3 is 0 Å². The molecule has 3 N–H and O–H groups in total. The fourth-order valence-corrected chi connectivity index (χ4v) is 2.95. The number of rotatable bonds is 7. The molecule has 0 bridgehead atoms. The van der Waals surface area contributed by atoms with E-state index in [1.807, 2.05) is 30.3 Å². The second-order valence-corrected chi connectivity index (χ2v) is 6.69. The van der Waals surface area contributed by atoms with Crippen molar-refractivity contribution >= 4 is 40.0 Å². The predicted molar refractivity (Wildman–Crippen MR) is 109 cm³/mol. The molecule has 0 aliphatic heterocycles. The monoisotopic (exact) mass is 475 g/mol. The molecule has 25 heavy (non-hydrogen) atoms. The van der Waals surface area contributed by atoms with Crippen LogP contribution >= 0.6 is 24.0 Å². The normalized spacial score (nSPS) is 11.5. The first kappa shape index (κ1) is 21.3. The standard InChI is InChI=1S/C16H21N5O2S.HI/c1-17-16(20-12-14-6-3-2-4-7-14)19-10-11-21-24(22,23)15-8-5-9-18-13-15;/h2-9,13,21H,10-12H2,1H3,(H2,17,19,20);1H. The van der Waals surface area contributed by atoms with Crippen LogP contribution in [0.2, 0.25) is 0 Å². The number of guanidine groups is 1. The molecule has 7 nitrogen and oxygen atoms in total. The number of aliphatic imine (C=N–C) groups is 1. The van der Waals surface area contributed by atoms with Crippen molar-refractivity contribution < 1.29 is 8.42 Å². The lowest BCUT2D eigenvalue weighted by molar-refractivity contribution is 0.580. The van der Waals surface area contributed by atoms with E-state index >= 15 is 0 Å². The summed E-state index contributed by atoms with van der Waals surface area (Å²) in [6.07, 6.45) is 2.85. The number of hydrogen-bond acceptors (Lipinski definition) is 4. The number of benzene rings is 1. The minimum absolute atomic E-state index is 0. The van der Waals surface area contributed by atoms with Crippen LogP contribution < -0.4 is 15.4 Å². The smallest absolute Gasteiger partial charge is 0.242 e. The summed E-state index contributed by atoms with van der Waals surface area (Å²) in [5.41, 5.74) is 1.14. The first-order chi connectivity index (χ1) is 11.6. The highest BCUT2D eigenvalue weighted by Crippen LogP contribution is 2.04. The number of sulfonamides is 1. The lowest BCUT2D eigenvalue weighted by Gasteiger charge is -2.12. The Morgan fingerprint density at radius 2 is 1.84 bits per heavy atom. The third-order valence-electron chi connectivity index (χ3n) is 3.18. The maximum atomic E-state index is 12.0. The topological polar surface area (TPSA) is 95.5 Å². The minimum atomic E-state index is -3.53. The molecule has 0 saturated carbocycles. The molecule has 0 fully saturated rings. The maximum Gasteiger partial charge on any atom is 0.242 e. The highest BCUT2D eigenvalue weighted by atomic mass is 127. The van der Waals surface area contributed by atoms with E-state index in [0.717, 1.165) is 5.56 Å². The van der Waals surface area contributed by atoms with E-state index in [1.165, 1.54) is 18.5 Å². The molecule has 0 unspecified atom stereocenters. The van der Waals surface area contributed by atoms with E-state index in [-0.39, 0.29) is 35.4 Å². The first-order valence-corrected chi connectivity index (χ1v) is 8.98. The largest absolute Gasteiger partial charge is 0.355 e. The number of nitrogens with zero attached hydrogens (tertiary/aromatic N) is 2. The Hall–Kier alpha value is -1.72. The zero-order valence-corrected chi connectivity index (χ0v) is 17.0. The van der Waals surface area contributed by atoms with E-state index in [9.17, 15) is 8.42 Å². The van der Waals surface area contributed by atoms with Gasteiger partial charge < -0.3 is 10.6 Å². The van der Waals surface area contributed by atoms with Gasteiger partial charge in [-0.2, -0.15) is 0 Å². The summed E-state index contributed by atoms with van der Waals surface area (Å²) in [6.45, 7) is 1.29.